The summed E-state index contributed by atoms with van der Waals surface area (Å²) < 4.78 is 43.7. The molecule has 0 bridgehead atoms. The average molecular weight is 468 g/mol. The van der Waals surface area contributed by atoms with Crippen LogP contribution in [0.5, 0.6) is 5.75 Å². The standard InChI is InChI=1S/C23H22ClF3N2O3/c1-3-13-11-22(31,23(25,26)27)21(15-10-16(24)12(2)20(30)19(13)15)28-17-7-4-8-18-14(17)6-5-9-29(18)32/h4-8,10,13,21,28,31H,3,9,11H2,1-2H3/p+1/t13-,21?,22-/m0/s1. The Kier molecular flexibility index (Phi) is 5.49. The number of nitrogens with zero attached hydrogens (tertiary/aromatic N) is 1. The van der Waals surface area contributed by atoms with Gasteiger partial charge in [0, 0.05) is 37.6 Å². The first-order valence-corrected chi connectivity index (χ1v) is 10.7. The van der Waals surface area contributed by atoms with E-state index in [-0.39, 0.29) is 28.6 Å². The van der Waals surface area contributed by atoms with E-state index in [0.717, 1.165) is 4.76 Å². The maximum Gasteiger partial charge on any atom is 0.419 e. The molecule has 3 atom stereocenters. The van der Waals surface area contributed by atoms with Crippen LogP contribution in [0.4, 0.5) is 24.5 Å². The summed E-state index contributed by atoms with van der Waals surface area (Å²) >= 11 is 6.24. The topological polar surface area (TPSA) is 72.6 Å². The van der Waals surface area contributed by atoms with Gasteiger partial charge in [0.15, 0.2) is 5.60 Å². The number of nitroso groups, excluding NO2 is 1. The maximum absolute atomic E-state index is 14.3. The number of benzene rings is 2. The molecule has 4 rings (SSSR count). The Balaban J connectivity index is 1.94. The minimum Gasteiger partial charge on any atom is -0.507 e. The summed E-state index contributed by atoms with van der Waals surface area (Å²) in [6, 6.07) is 4.44. The van der Waals surface area contributed by atoms with Crippen molar-refractivity contribution in [3.63, 3.8) is 0 Å². The lowest BCUT2D eigenvalue weighted by Gasteiger charge is -2.46. The molecule has 170 valence electrons. The van der Waals surface area contributed by atoms with Crippen LogP contribution in [0.2, 0.25) is 5.02 Å². The van der Waals surface area contributed by atoms with E-state index in [1.807, 2.05) is 0 Å². The highest BCUT2D eigenvalue weighted by atomic mass is 35.5. The number of fused-ring (bicyclic) bond motifs is 2. The second-order valence-electron chi connectivity index (χ2n) is 8.35. The second kappa shape index (κ2) is 7.78. The number of rotatable bonds is 3. The van der Waals surface area contributed by atoms with E-state index in [1.165, 1.54) is 6.07 Å². The monoisotopic (exact) mass is 467 g/mol. The van der Waals surface area contributed by atoms with Crippen LogP contribution in [-0.2, 0) is 0 Å². The summed E-state index contributed by atoms with van der Waals surface area (Å²) in [5.74, 6) is -0.872. The number of aromatic hydroxyl groups is 1. The van der Waals surface area contributed by atoms with Crippen LogP contribution in [0.15, 0.2) is 30.3 Å². The van der Waals surface area contributed by atoms with Gasteiger partial charge in [0.05, 0.1) is 11.6 Å². The molecule has 5 nitrogen and oxygen atoms in total. The Labute approximate surface area is 188 Å². The van der Waals surface area contributed by atoms with Crippen LogP contribution >= 0.6 is 11.6 Å². The fraction of sp³-hybridized carbons (Fsp3) is 0.391. The van der Waals surface area contributed by atoms with Crippen molar-refractivity contribution in [1.82, 2.24) is 0 Å². The second-order valence-corrected chi connectivity index (χ2v) is 8.75. The lowest BCUT2D eigenvalue weighted by atomic mass is 9.68. The molecule has 3 N–H and O–H groups in total. The normalized spacial score (nSPS) is 24.8. The molecule has 0 fully saturated rings. The Morgan fingerprint density at radius 2 is 2.06 bits per heavy atom. The Hall–Kier alpha value is -2.58. The molecule has 2 aromatic carbocycles. The van der Waals surface area contributed by atoms with Gasteiger partial charge in [-0.15, -0.1) is 0 Å². The number of halogens is 4. The van der Waals surface area contributed by atoms with Crippen molar-refractivity contribution < 1.29 is 28.1 Å². The molecule has 9 heteroatoms. The summed E-state index contributed by atoms with van der Waals surface area (Å²) in [5, 5.41) is 24.8. The van der Waals surface area contributed by atoms with Crippen molar-refractivity contribution in [3.8, 4) is 5.75 Å². The van der Waals surface area contributed by atoms with Gasteiger partial charge in [-0.1, -0.05) is 24.6 Å². The number of alkyl halides is 3. The fourth-order valence-corrected chi connectivity index (χ4v) is 4.92. The summed E-state index contributed by atoms with van der Waals surface area (Å²) in [7, 11) is 0. The van der Waals surface area contributed by atoms with E-state index in [0.29, 0.717) is 28.8 Å². The zero-order valence-corrected chi connectivity index (χ0v) is 18.3. The lowest BCUT2D eigenvalue weighted by Crippen LogP contribution is -2.55. The third-order valence-electron chi connectivity index (χ3n) is 6.51. The highest BCUT2D eigenvalue weighted by molar-refractivity contribution is 6.31. The Bertz CT molecular complexity index is 1130. The lowest BCUT2D eigenvalue weighted by molar-refractivity contribution is -0.452. The quantitative estimate of drug-likeness (QED) is 0.474. The molecule has 0 radical (unpaired) electrons. The van der Waals surface area contributed by atoms with Gasteiger partial charge in [-0.05, 0) is 55.5 Å². The number of hydrogen-bond donors (Lipinski definition) is 3. The van der Waals surface area contributed by atoms with Gasteiger partial charge in [0.2, 0.25) is 6.54 Å². The molecule has 1 unspecified atom stereocenters. The summed E-state index contributed by atoms with van der Waals surface area (Å²) in [5.41, 5.74) is -1.28. The van der Waals surface area contributed by atoms with Gasteiger partial charge < -0.3 is 15.5 Å². The van der Waals surface area contributed by atoms with E-state index in [2.05, 4.69) is 5.32 Å². The number of aliphatic hydroxyl groups is 1. The average Bonchev–Trinajstić information content (AvgIpc) is 2.73. The molecule has 1 aliphatic heterocycles. The predicted octanol–water partition coefficient (Wildman–Crippen LogP) is 6.14. The molecule has 0 aromatic heterocycles. The van der Waals surface area contributed by atoms with E-state index >= 15 is 0 Å². The zero-order valence-electron chi connectivity index (χ0n) is 17.5. The summed E-state index contributed by atoms with van der Waals surface area (Å²) in [6.07, 6.45) is -2.01. The van der Waals surface area contributed by atoms with Crippen LogP contribution in [0.3, 0.4) is 0 Å². The molecular weight excluding hydrogens is 445 g/mol. The summed E-state index contributed by atoms with van der Waals surface area (Å²) in [6.45, 7) is 3.44. The molecule has 2 aromatic rings. The molecule has 32 heavy (non-hydrogen) atoms. The Morgan fingerprint density at radius 1 is 1.34 bits per heavy atom. The number of anilines is 1. The number of hydrogen-bond acceptors (Lipinski definition) is 4. The highest BCUT2D eigenvalue weighted by Crippen LogP contribution is 2.56. The number of nitrogens with one attached hydrogen (secondary N) is 1. The van der Waals surface area contributed by atoms with Gasteiger partial charge in [-0.25, -0.2) is 0 Å². The zero-order chi connectivity index (χ0) is 23.4. The molecule has 1 aliphatic carbocycles. The minimum atomic E-state index is -4.96. The first-order valence-electron chi connectivity index (χ1n) is 10.3. The van der Waals surface area contributed by atoms with Gasteiger partial charge in [0.25, 0.3) is 5.69 Å². The van der Waals surface area contributed by atoms with Gasteiger partial charge in [-0.2, -0.15) is 13.2 Å². The van der Waals surface area contributed by atoms with Crippen LogP contribution in [0.1, 0.15) is 54.0 Å². The first-order chi connectivity index (χ1) is 15.0. The van der Waals surface area contributed by atoms with Crippen LogP contribution in [0.25, 0.3) is 6.08 Å². The van der Waals surface area contributed by atoms with Gasteiger partial charge in [0.1, 0.15) is 5.75 Å². The van der Waals surface area contributed by atoms with Crippen molar-refractivity contribution in [1.29, 1.82) is 0 Å². The van der Waals surface area contributed by atoms with Crippen LogP contribution in [-0.4, -0.2) is 33.3 Å². The van der Waals surface area contributed by atoms with Crippen molar-refractivity contribution in [2.75, 3.05) is 11.9 Å². The SMILES string of the molecule is CC[C@H]1C[C@@](O)(C(F)(F)F)C(Nc2cccc3c2C=CC[N+]3=O)c2cc(Cl)c(C)c(O)c21. The number of phenols is 1. The largest absolute Gasteiger partial charge is 0.507 e. The van der Waals surface area contributed by atoms with E-state index < -0.39 is 30.2 Å². The van der Waals surface area contributed by atoms with E-state index in [4.69, 9.17) is 11.6 Å². The van der Waals surface area contributed by atoms with Gasteiger partial charge in [-0.3, -0.25) is 0 Å². The van der Waals surface area contributed by atoms with Gasteiger partial charge >= 0.3 is 6.18 Å². The van der Waals surface area contributed by atoms with Crippen molar-refractivity contribution in [3.05, 3.63) is 62.5 Å². The number of phenolic OH excluding ortho intramolecular Hbond substituents is 1. The fourth-order valence-electron chi connectivity index (χ4n) is 4.71. The molecule has 0 saturated heterocycles. The maximum atomic E-state index is 14.3. The summed E-state index contributed by atoms with van der Waals surface area (Å²) in [4.78, 5) is 12.2. The molecule has 2 aliphatic rings. The third-order valence-corrected chi connectivity index (χ3v) is 6.90. The van der Waals surface area contributed by atoms with Crippen molar-refractivity contribution in [2.24, 2.45) is 0 Å². The third kappa shape index (κ3) is 3.36. The molecule has 1 heterocycles. The van der Waals surface area contributed by atoms with Crippen LogP contribution < -0.4 is 5.32 Å². The van der Waals surface area contributed by atoms with E-state index in [9.17, 15) is 28.3 Å². The minimum absolute atomic E-state index is 0.0902. The molecular formula is C23H23ClF3N2O3+. The van der Waals surface area contributed by atoms with Crippen molar-refractivity contribution >= 4 is 29.1 Å². The predicted molar refractivity (Wildman–Crippen MR) is 117 cm³/mol. The van der Waals surface area contributed by atoms with Crippen molar-refractivity contribution in [2.45, 2.75) is 50.4 Å². The molecule has 0 saturated carbocycles. The van der Waals surface area contributed by atoms with E-state index in [1.54, 1.807) is 44.2 Å². The Morgan fingerprint density at radius 3 is 2.72 bits per heavy atom. The smallest absolute Gasteiger partial charge is 0.419 e. The molecule has 0 amide bonds. The molecule has 0 spiro atoms. The first kappa shape index (κ1) is 22.6. The van der Waals surface area contributed by atoms with Crippen LogP contribution in [0, 0.1) is 11.8 Å². The highest BCUT2D eigenvalue weighted by Gasteiger charge is 2.62.